The Balaban J connectivity index is 1.35. The van der Waals surface area contributed by atoms with E-state index in [1.54, 1.807) is 9.80 Å². The number of rotatable bonds is 5. The minimum atomic E-state index is -0.415. The first-order valence-corrected chi connectivity index (χ1v) is 11.0. The Hall–Kier alpha value is -3.12. The quantitative estimate of drug-likeness (QED) is 0.640. The molecule has 0 bridgehead atoms. The third kappa shape index (κ3) is 3.72. The van der Waals surface area contributed by atoms with E-state index < -0.39 is 6.04 Å². The van der Waals surface area contributed by atoms with Crippen molar-refractivity contribution < 1.29 is 14.0 Å². The van der Waals surface area contributed by atoms with E-state index in [0.717, 1.165) is 41.8 Å². The second-order valence-electron chi connectivity index (χ2n) is 8.37. The second kappa shape index (κ2) is 8.19. The first kappa shape index (κ1) is 19.8. The summed E-state index contributed by atoms with van der Waals surface area (Å²) in [6.07, 6.45) is 0.829. The summed E-state index contributed by atoms with van der Waals surface area (Å²) in [6, 6.07) is 17.6. The van der Waals surface area contributed by atoms with Crippen molar-refractivity contribution in [2.75, 3.05) is 26.2 Å². The number of hydrogen-bond donors (Lipinski definition) is 0. The number of hydrogen-bond acceptors (Lipinski definition) is 4. The third-order valence-electron chi connectivity index (χ3n) is 6.41. The normalized spacial score (nSPS) is 19.8. The van der Waals surface area contributed by atoms with Crippen LogP contribution in [-0.2, 0) is 29.1 Å². The number of nitrogens with zero attached hydrogens (tertiary/aromatic N) is 3. The van der Waals surface area contributed by atoms with Gasteiger partial charge in [-0.1, -0.05) is 55.5 Å². The average Bonchev–Trinajstić information content (AvgIpc) is 3.15. The van der Waals surface area contributed by atoms with Crippen LogP contribution in [0.2, 0.25) is 0 Å². The highest BCUT2D eigenvalue weighted by Crippen LogP contribution is 2.29. The van der Waals surface area contributed by atoms with Gasteiger partial charge in [0.1, 0.15) is 23.9 Å². The van der Waals surface area contributed by atoms with Gasteiger partial charge in [0.15, 0.2) is 0 Å². The molecule has 6 nitrogen and oxygen atoms in total. The van der Waals surface area contributed by atoms with Gasteiger partial charge in [0.25, 0.3) is 0 Å². The number of amides is 2. The number of para-hydroxylation sites is 1. The molecular weight excluding hydrogens is 390 g/mol. The SMILES string of the molecule is CCc1oc2ccccc2c1CN1CCN2C(=O)CN(Cc3ccccc3)C(=O)C2C1. The fourth-order valence-electron chi connectivity index (χ4n) is 4.81. The highest BCUT2D eigenvalue weighted by atomic mass is 16.3. The highest BCUT2D eigenvalue weighted by Gasteiger charge is 2.42. The van der Waals surface area contributed by atoms with Crippen LogP contribution in [0.4, 0.5) is 0 Å². The minimum Gasteiger partial charge on any atom is -0.461 e. The molecule has 2 aromatic carbocycles. The number of carbonyl (C=O) groups excluding carboxylic acids is 2. The Morgan fingerprint density at radius 3 is 2.55 bits per heavy atom. The van der Waals surface area contributed by atoms with Crippen molar-refractivity contribution in [3.05, 3.63) is 71.5 Å². The summed E-state index contributed by atoms with van der Waals surface area (Å²) in [6.45, 7) is 5.37. The van der Waals surface area contributed by atoms with Gasteiger partial charge in [0, 0.05) is 50.1 Å². The molecule has 2 saturated heterocycles. The molecule has 1 atom stereocenters. The molecule has 0 saturated carbocycles. The number of carbonyl (C=O) groups is 2. The summed E-state index contributed by atoms with van der Waals surface area (Å²) in [5.41, 5.74) is 3.15. The van der Waals surface area contributed by atoms with Crippen LogP contribution in [0.5, 0.6) is 0 Å². The standard InChI is InChI=1S/C25H27N3O3/c1-2-22-20(19-10-6-7-11-23(19)31-22)15-26-12-13-28-21(16-26)25(30)27(17-24(28)29)14-18-8-4-3-5-9-18/h3-11,21H,2,12-17H2,1H3. The summed E-state index contributed by atoms with van der Waals surface area (Å²) in [4.78, 5) is 31.8. The maximum atomic E-state index is 13.3. The van der Waals surface area contributed by atoms with Gasteiger partial charge >= 0.3 is 0 Å². The average molecular weight is 418 g/mol. The van der Waals surface area contributed by atoms with Crippen LogP contribution in [0.3, 0.4) is 0 Å². The summed E-state index contributed by atoms with van der Waals surface area (Å²) >= 11 is 0. The molecule has 160 valence electrons. The fourth-order valence-corrected chi connectivity index (χ4v) is 4.81. The molecule has 2 fully saturated rings. The monoisotopic (exact) mass is 417 g/mol. The van der Waals surface area contributed by atoms with Gasteiger partial charge < -0.3 is 14.2 Å². The Bertz CT molecular complexity index is 1110. The van der Waals surface area contributed by atoms with Crippen LogP contribution in [0.25, 0.3) is 11.0 Å². The number of furan rings is 1. The van der Waals surface area contributed by atoms with Gasteiger partial charge in [0.05, 0.1) is 0 Å². The lowest BCUT2D eigenvalue weighted by atomic mass is 10.0. The van der Waals surface area contributed by atoms with Crippen molar-refractivity contribution >= 4 is 22.8 Å². The first-order chi connectivity index (χ1) is 15.1. The first-order valence-electron chi connectivity index (χ1n) is 11.0. The highest BCUT2D eigenvalue weighted by molar-refractivity contribution is 5.95. The molecule has 3 aromatic rings. The molecule has 0 aliphatic carbocycles. The van der Waals surface area contributed by atoms with Crippen molar-refractivity contribution in [1.82, 2.24) is 14.7 Å². The molecule has 2 aliphatic rings. The maximum absolute atomic E-state index is 13.3. The van der Waals surface area contributed by atoms with Gasteiger partial charge in [-0.3, -0.25) is 14.5 Å². The van der Waals surface area contributed by atoms with E-state index in [0.29, 0.717) is 19.6 Å². The molecule has 1 unspecified atom stereocenters. The minimum absolute atomic E-state index is 0.0425. The Morgan fingerprint density at radius 2 is 1.74 bits per heavy atom. The fraction of sp³-hybridized carbons (Fsp3) is 0.360. The van der Waals surface area contributed by atoms with Gasteiger partial charge in [-0.2, -0.15) is 0 Å². The Kier molecular flexibility index (Phi) is 5.24. The van der Waals surface area contributed by atoms with Crippen molar-refractivity contribution in [2.45, 2.75) is 32.5 Å². The van der Waals surface area contributed by atoms with Crippen LogP contribution < -0.4 is 0 Å². The topological polar surface area (TPSA) is 57.0 Å². The predicted molar refractivity (Wildman–Crippen MR) is 118 cm³/mol. The lowest BCUT2D eigenvalue weighted by Crippen LogP contribution is -2.66. The number of piperazine rings is 2. The van der Waals surface area contributed by atoms with E-state index in [1.807, 2.05) is 48.5 Å². The largest absolute Gasteiger partial charge is 0.461 e. The van der Waals surface area contributed by atoms with Crippen molar-refractivity contribution in [1.29, 1.82) is 0 Å². The van der Waals surface area contributed by atoms with Gasteiger partial charge in [-0.15, -0.1) is 0 Å². The van der Waals surface area contributed by atoms with E-state index in [-0.39, 0.29) is 18.4 Å². The molecule has 0 spiro atoms. The third-order valence-corrected chi connectivity index (χ3v) is 6.41. The van der Waals surface area contributed by atoms with Crippen molar-refractivity contribution in [3.63, 3.8) is 0 Å². The zero-order valence-electron chi connectivity index (χ0n) is 17.8. The molecule has 0 N–H and O–H groups in total. The molecule has 0 radical (unpaired) electrons. The van der Waals surface area contributed by atoms with Crippen molar-refractivity contribution in [3.8, 4) is 0 Å². The van der Waals surface area contributed by atoms with Crippen LogP contribution in [0.1, 0.15) is 23.8 Å². The van der Waals surface area contributed by atoms with E-state index in [4.69, 9.17) is 4.42 Å². The van der Waals surface area contributed by atoms with Crippen LogP contribution in [0.15, 0.2) is 59.0 Å². The zero-order chi connectivity index (χ0) is 21.4. The Labute approximate surface area is 182 Å². The number of aryl methyl sites for hydroxylation is 1. The molecule has 3 heterocycles. The molecule has 1 aromatic heterocycles. The molecule has 31 heavy (non-hydrogen) atoms. The van der Waals surface area contributed by atoms with Crippen LogP contribution in [0, 0.1) is 0 Å². The van der Waals surface area contributed by atoms with E-state index >= 15 is 0 Å². The summed E-state index contributed by atoms with van der Waals surface area (Å²) < 4.78 is 6.05. The van der Waals surface area contributed by atoms with E-state index in [2.05, 4.69) is 17.9 Å². The van der Waals surface area contributed by atoms with Gasteiger partial charge in [0.2, 0.25) is 11.8 Å². The van der Waals surface area contributed by atoms with Gasteiger partial charge in [-0.25, -0.2) is 0 Å². The lowest BCUT2D eigenvalue weighted by Gasteiger charge is -2.46. The zero-order valence-corrected chi connectivity index (χ0v) is 17.8. The van der Waals surface area contributed by atoms with Crippen LogP contribution in [-0.4, -0.2) is 58.7 Å². The molecular formula is C25H27N3O3. The summed E-state index contributed by atoms with van der Waals surface area (Å²) in [5, 5.41) is 1.14. The summed E-state index contributed by atoms with van der Waals surface area (Å²) in [5.74, 6) is 1.09. The van der Waals surface area contributed by atoms with Gasteiger partial charge in [-0.05, 0) is 11.6 Å². The molecule has 2 aliphatic heterocycles. The smallest absolute Gasteiger partial charge is 0.247 e. The number of benzene rings is 2. The lowest BCUT2D eigenvalue weighted by molar-refractivity contribution is -0.160. The molecule has 2 amide bonds. The van der Waals surface area contributed by atoms with Crippen molar-refractivity contribution in [2.24, 2.45) is 0 Å². The van der Waals surface area contributed by atoms with E-state index in [9.17, 15) is 9.59 Å². The second-order valence-corrected chi connectivity index (χ2v) is 8.37. The Morgan fingerprint density at radius 1 is 0.968 bits per heavy atom. The molecule has 6 heteroatoms. The maximum Gasteiger partial charge on any atom is 0.247 e. The number of fused-ring (bicyclic) bond motifs is 2. The van der Waals surface area contributed by atoms with Crippen LogP contribution >= 0.6 is 0 Å². The predicted octanol–water partition coefficient (Wildman–Crippen LogP) is 3.05. The summed E-state index contributed by atoms with van der Waals surface area (Å²) in [7, 11) is 0. The van der Waals surface area contributed by atoms with E-state index in [1.165, 1.54) is 5.56 Å². The molecule has 5 rings (SSSR count).